The van der Waals surface area contributed by atoms with Crippen molar-refractivity contribution in [3.05, 3.63) is 47.8 Å². The van der Waals surface area contributed by atoms with Crippen LogP contribution in [0.25, 0.3) is 0 Å². The molecule has 5 nitrogen and oxygen atoms in total. The van der Waals surface area contributed by atoms with E-state index < -0.39 is 0 Å². The highest BCUT2D eigenvalue weighted by Gasteiger charge is 2.37. The molecule has 5 heteroatoms. The summed E-state index contributed by atoms with van der Waals surface area (Å²) in [6.45, 7) is 4.78. The fourth-order valence-corrected chi connectivity index (χ4v) is 4.64. The van der Waals surface area contributed by atoms with Crippen molar-refractivity contribution in [1.82, 2.24) is 15.3 Å². The van der Waals surface area contributed by atoms with Crippen LogP contribution in [0, 0.1) is 11.8 Å². The highest BCUT2D eigenvalue weighted by molar-refractivity contribution is 5.60. The highest BCUT2D eigenvalue weighted by atomic mass is 15.2. The van der Waals surface area contributed by atoms with Crippen molar-refractivity contribution < 1.29 is 0 Å². The third-order valence-corrected chi connectivity index (χ3v) is 5.79. The minimum atomic E-state index is 0.396. The maximum absolute atomic E-state index is 4.30. The summed E-state index contributed by atoms with van der Waals surface area (Å²) in [6.07, 6.45) is 5.71. The second kappa shape index (κ2) is 5.74. The second-order valence-electron chi connectivity index (χ2n) is 7.32. The smallest absolute Gasteiger partial charge is 0.222 e. The standard InChI is InChI=1S/C19H23N5/c1-3-13-7-16(23-19-21-5-2-6-22-19)8-17(13)18(4-1)24-11-14-9-20-10-15(14)12-24/h1-6,14-16,20H,7-12H2,(H,21,22,23). The van der Waals surface area contributed by atoms with E-state index in [1.165, 1.54) is 43.0 Å². The lowest BCUT2D eigenvalue weighted by atomic mass is 10.0. The van der Waals surface area contributed by atoms with E-state index in [0.717, 1.165) is 30.6 Å². The predicted molar refractivity (Wildman–Crippen MR) is 95.4 cm³/mol. The van der Waals surface area contributed by atoms with Crippen LogP contribution in [0.4, 0.5) is 11.6 Å². The number of hydrogen-bond acceptors (Lipinski definition) is 5. The molecule has 3 heterocycles. The monoisotopic (exact) mass is 321 g/mol. The molecule has 2 saturated heterocycles. The Hall–Kier alpha value is -2.14. The molecule has 24 heavy (non-hydrogen) atoms. The zero-order valence-corrected chi connectivity index (χ0v) is 13.8. The first-order valence-corrected chi connectivity index (χ1v) is 8.97. The Kier molecular flexibility index (Phi) is 3.40. The van der Waals surface area contributed by atoms with E-state index in [2.05, 4.69) is 43.7 Å². The highest BCUT2D eigenvalue weighted by Crippen LogP contribution is 2.37. The van der Waals surface area contributed by atoms with Crippen LogP contribution in [-0.2, 0) is 12.8 Å². The Labute approximate surface area is 142 Å². The summed E-state index contributed by atoms with van der Waals surface area (Å²) < 4.78 is 0. The molecule has 0 spiro atoms. The number of nitrogens with one attached hydrogen (secondary N) is 2. The summed E-state index contributed by atoms with van der Waals surface area (Å²) in [5.74, 6) is 2.39. The van der Waals surface area contributed by atoms with Gasteiger partial charge in [0.15, 0.2) is 0 Å². The zero-order valence-electron chi connectivity index (χ0n) is 13.8. The molecule has 3 aliphatic rings. The zero-order chi connectivity index (χ0) is 15.9. The largest absolute Gasteiger partial charge is 0.371 e. The van der Waals surface area contributed by atoms with Gasteiger partial charge < -0.3 is 15.5 Å². The molecule has 2 N–H and O–H groups in total. The van der Waals surface area contributed by atoms with Gasteiger partial charge in [-0.1, -0.05) is 12.1 Å². The number of hydrogen-bond donors (Lipinski definition) is 2. The molecule has 3 atom stereocenters. The van der Waals surface area contributed by atoms with Gasteiger partial charge in [0.1, 0.15) is 0 Å². The fraction of sp³-hybridized carbons (Fsp3) is 0.474. The van der Waals surface area contributed by atoms with Gasteiger partial charge in [-0.2, -0.15) is 0 Å². The molecule has 1 aromatic heterocycles. The maximum Gasteiger partial charge on any atom is 0.222 e. The number of fused-ring (bicyclic) bond motifs is 2. The molecule has 1 aliphatic carbocycles. The van der Waals surface area contributed by atoms with Gasteiger partial charge in [-0.3, -0.25) is 0 Å². The van der Waals surface area contributed by atoms with Crippen LogP contribution in [0.5, 0.6) is 0 Å². The summed E-state index contributed by atoms with van der Waals surface area (Å²) >= 11 is 0. The normalized spacial score (nSPS) is 28.0. The van der Waals surface area contributed by atoms with Crippen molar-refractivity contribution in [1.29, 1.82) is 0 Å². The van der Waals surface area contributed by atoms with Crippen molar-refractivity contribution in [3.63, 3.8) is 0 Å². The van der Waals surface area contributed by atoms with Gasteiger partial charge in [0, 0.05) is 50.3 Å². The van der Waals surface area contributed by atoms with Crippen molar-refractivity contribution in [3.8, 4) is 0 Å². The van der Waals surface area contributed by atoms with Crippen molar-refractivity contribution in [2.45, 2.75) is 18.9 Å². The first-order chi connectivity index (χ1) is 11.9. The Morgan fingerprint density at radius 1 is 1.00 bits per heavy atom. The van der Waals surface area contributed by atoms with Crippen molar-refractivity contribution >= 4 is 11.6 Å². The molecule has 0 amide bonds. The first-order valence-electron chi connectivity index (χ1n) is 8.97. The summed E-state index contributed by atoms with van der Waals surface area (Å²) in [4.78, 5) is 11.2. The molecule has 124 valence electrons. The molecular formula is C19H23N5. The van der Waals surface area contributed by atoms with E-state index in [-0.39, 0.29) is 0 Å². The number of anilines is 2. The van der Waals surface area contributed by atoms with E-state index in [0.29, 0.717) is 6.04 Å². The van der Waals surface area contributed by atoms with Gasteiger partial charge in [-0.25, -0.2) is 9.97 Å². The lowest BCUT2D eigenvalue weighted by Crippen LogP contribution is -2.26. The van der Waals surface area contributed by atoms with Gasteiger partial charge in [0.25, 0.3) is 0 Å². The van der Waals surface area contributed by atoms with E-state index in [1.807, 2.05) is 6.07 Å². The minimum Gasteiger partial charge on any atom is -0.371 e. The molecule has 1 aromatic carbocycles. The third-order valence-electron chi connectivity index (χ3n) is 5.79. The third kappa shape index (κ3) is 2.44. The Morgan fingerprint density at radius 3 is 2.58 bits per heavy atom. The summed E-state index contributed by atoms with van der Waals surface area (Å²) in [5.41, 5.74) is 4.47. The fourth-order valence-electron chi connectivity index (χ4n) is 4.64. The quantitative estimate of drug-likeness (QED) is 0.901. The number of rotatable bonds is 3. The molecule has 2 aliphatic heterocycles. The van der Waals surface area contributed by atoms with Crippen LogP contribution in [0.3, 0.4) is 0 Å². The average Bonchev–Trinajstić information content (AvgIpc) is 3.28. The van der Waals surface area contributed by atoms with E-state index in [1.54, 1.807) is 12.4 Å². The Bertz CT molecular complexity index is 720. The first kappa shape index (κ1) is 14.2. The van der Waals surface area contributed by atoms with Crippen molar-refractivity contribution in [2.24, 2.45) is 11.8 Å². The van der Waals surface area contributed by atoms with Crippen LogP contribution < -0.4 is 15.5 Å². The minimum absolute atomic E-state index is 0.396. The number of aromatic nitrogens is 2. The second-order valence-corrected chi connectivity index (χ2v) is 7.32. The average molecular weight is 321 g/mol. The molecule has 2 fully saturated rings. The van der Waals surface area contributed by atoms with Crippen LogP contribution >= 0.6 is 0 Å². The van der Waals surface area contributed by atoms with Crippen molar-refractivity contribution in [2.75, 3.05) is 36.4 Å². The van der Waals surface area contributed by atoms with E-state index in [9.17, 15) is 0 Å². The van der Waals surface area contributed by atoms with Crippen LogP contribution in [0.2, 0.25) is 0 Å². The number of nitrogens with zero attached hydrogens (tertiary/aromatic N) is 3. The van der Waals surface area contributed by atoms with Gasteiger partial charge >= 0.3 is 0 Å². The lowest BCUT2D eigenvalue weighted by Gasteiger charge is -2.23. The molecule has 0 saturated carbocycles. The molecular weight excluding hydrogens is 298 g/mol. The summed E-state index contributed by atoms with van der Waals surface area (Å²) in [5, 5.41) is 7.03. The predicted octanol–water partition coefficient (Wildman–Crippen LogP) is 1.71. The SMILES string of the molecule is c1cnc(NC2Cc3cccc(N4CC5CNCC5C4)c3C2)nc1. The van der Waals surface area contributed by atoms with E-state index in [4.69, 9.17) is 0 Å². The molecule has 0 bridgehead atoms. The van der Waals surface area contributed by atoms with Gasteiger partial charge in [-0.05, 0) is 47.9 Å². The van der Waals surface area contributed by atoms with Gasteiger partial charge in [-0.15, -0.1) is 0 Å². The Balaban J connectivity index is 1.35. The lowest BCUT2D eigenvalue weighted by molar-refractivity contribution is 0.533. The molecule has 5 rings (SSSR count). The molecule has 0 radical (unpaired) electrons. The van der Waals surface area contributed by atoms with Gasteiger partial charge in [0.05, 0.1) is 0 Å². The summed E-state index contributed by atoms with van der Waals surface area (Å²) in [6, 6.07) is 9.07. The number of benzene rings is 1. The topological polar surface area (TPSA) is 53.1 Å². The van der Waals surface area contributed by atoms with E-state index >= 15 is 0 Å². The Morgan fingerprint density at radius 2 is 1.79 bits per heavy atom. The summed E-state index contributed by atoms with van der Waals surface area (Å²) in [7, 11) is 0. The maximum atomic E-state index is 4.30. The molecule has 2 aromatic rings. The van der Waals surface area contributed by atoms with Crippen LogP contribution in [0.15, 0.2) is 36.7 Å². The van der Waals surface area contributed by atoms with Crippen LogP contribution in [0.1, 0.15) is 11.1 Å². The van der Waals surface area contributed by atoms with Gasteiger partial charge in [0.2, 0.25) is 5.95 Å². The van der Waals surface area contributed by atoms with Crippen LogP contribution in [-0.4, -0.2) is 42.2 Å². The molecule has 3 unspecified atom stereocenters.